The minimum Gasteiger partial charge on any atom is -0.377 e. The average Bonchev–Trinajstić information content (AvgIpc) is 2.53. The van der Waals surface area contributed by atoms with Crippen LogP contribution in [0, 0.1) is 0 Å². The summed E-state index contributed by atoms with van der Waals surface area (Å²) in [6.45, 7) is 0.337. The third-order valence-electron chi connectivity index (χ3n) is 1.44. The van der Waals surface area contributed by atoms with E-state index in [2.05, 4.69) is 14.9 Å². The van der Waals surface area contributed by atoms with Gasteiger partial charge in [-0.1, -0.05) is 5.16 Å². The molecule has 14 heavy (non-hydrogen) atoms. The van der Waals surface area contributed by atoms with Crippen molar-refractivity contribution in [3.8, 4) is 0 Å². The maximum Gasteiger partial charge on any atom is 0.234 e. The third kappa shape index (κ3) is 3.23. The second-order valence-corrected chi connectivity index (χ2v) is 2.69. The lowest BCUT2D eigenvalue weighted by Crippen LogP contribution is -2.09. The zero-order valence-corrected chi connectivity index (χ0v) is 8.15. The summed E-state index contributed by atoms with van der Waals surface area (Å²) in [6.07, 6.45) is 0.102. The number of carbonyl (C=O) groups is 1. The first-order valence-corrected chi connectivity index (χ1v) is 4.07. The molecule has 78 valence electrons. The monoisotopic (exact) mass is 200 g/mol. The van der Waals surface area contributed by atoms with Gasteiger partial charge in [0.1, 0.15) is 13.2 Å². The van der Waals surface area contributed by atoms with Gasteiger partial charge in [-0.2, -0.15) is 4.98 Å². The number of ether oxygens (including phenoxy) is 2. The van der Waals surface area contributed by atoms with Crippen molar-refractivity contribution in [1.82, 2.24) is 10.1 Å². The van der Waals surface area contributed by atoms with Gasteiger partial charge in [0.25, 0.3) is 0 Å². The highest BCUT2D eigenvalue weighted by Crippen LogP contribution is 2.00. The summed E-state index contributed by atoms with van der Waals surface area (Å²) in [4.78, 5) is 15.0. The Morgan fingerprint density at radius 1 is 1.43 bits per heavy atom. The number of hydrogen-bond acceptors (Lipinski definition) is 6. The Kier molecular flexibility index (Phi) is 4.21. The molecule has 0 saturated heterocycles. The predicted octanol–water partition coefficient (Wildman–Crippen LogP) is -0.0260. The summed E-state index contributed by atoms with van der Waals surface area (Å²) in [5, 5.41) is 3.61. The highest BCUT2D eigenvalue weighted by Gasteiger charge is 2.10. The van der Waals surface area contributed by atoms with E-state index >= 15 is 0 Å². The molecule has 1 aromatic heterocycles. The van der Waals surface area contributed by atoms with E-state index in [1.807, 2.05) is 0 Å². The maximum absolute atomic E-state index is 11.1. The van der Waals surface area contributed by atoms with Crippen LogP contribution in [0.2, 0.25) is 0 Å². The SMILES string of the molecule is COCC(=O)Cc1nc(COC)no1. The summed E-state index contributed by atoms with van der Waals surface area (Å²) >= 11 is 0. The van der Waals surface area contributed by atoms with Crippen LogP contribution in [0.5, 0.6) is 0 Å². The van der Waals surface area contributed by atoms with Crippen LogP contribution in [0.25, 0.3) is 0 Å². The van der Waals surface area contributed by atoms with Crippen LogP contribution in [0.3, 0.4) is 0 Å². The van der Waals surface area contributed by atoms with Crippen LogP contribution in [-0.4, -0.2) is 36.8 Å². The highest BCUT2D eigenvalue weighted by molar-refractivity contribution is 5.81. The van der Waals surface area contributed by atoms with Crippen molar-refractivity contribution < 1.29 is 18.8 Å². The van der Waals surface area contributed by atoms with E-state index in [0.29, 0.717) is 11.7 Å². The number of nitrogens with zero attached hydrogens (tertiary/aromatic N) is 2. The molecule has 0 fully saturated rings. The van der Waals surface area contributed by atoms with Crippen LogP contribution in [-0.2, 0) is 27.3 Å². The Bertz CT molecular complexity index is 297. The highest BCUT2D eigenvalue weighted by atomic mass is 16.5. The number of aromatic nitrogens is 2. The van der Waals surface area contributed by atoms with Gasteiger partial charge in [-0.15, -0.1) is 0 Å². The van der Waals surface area contributed by atoms with Gasteiger partial charge in [-0.25, -0.2) is 0 Å². The van der Waals surface area contributed by atoms with E-state index in [4.69, 9.17) is 9.26 Å². The molecule has 1 heterocycles. The smallest absolute Gasteiger partial charge is 0.234 e. The molecule has 0 saturated carbocycles. The van der Waals surface area contributed by atoms with Crippen LogP contribution < -0.4 is 0 Å². The quantitative estimate of drug-likeness (QED) is 0.642. The van der Waals surface area contributed by atoms with Crippen LogP contribution >= 0.6 is 0 Å². The number of Topliss-reactive ketones (excluding diaryl/α,β-unsaturated/α-hetero) is 1. The Morgan fingerprint density at radius 2 is 2.21 bits per heavy atom. The van der Waals surface area contributed by atoms with Crippen molar-refractivity contribution in [2.24, 2.45) is 0 Å². The van der Waals surface area contributed by atoms with Gasteiger partial charge >= 0.3 is 0 Å². The van der Waals surface area contributed by atoms with Gasteiger partial charge in [0.15, 0.2) is 11.6 Å². The second-order valence-electron chi connectivity index (χ2n) is 2.69. The van der Waals surface area contributed by atoms with Crippen molar-refractivity contribution in [3.63, 3.8) is 0 Å². The standard InChI is InChI=1S/C8H12N2O4/c1-12-4-6(11)3-8-9-7(5-13-2)10-14-8/h3-5H2,1-2H3. The Hall–Kier alpha value is -1.27. The summed E-state index contributed by atoms with van der Waals surface area (Å²) in [7, 11) is 2.99. The fraction of sp³-hybridized carbons (Fsp3) is 0.625. The molecule has 0 atom stereocenters. The zero-order valence-electron chi connectivity index (χ0n) is 8.15. The minimum absolute atomic E-state index is 0.0575. The molecule has 0 aliphatic rings. The molecular formula is C8H12N2O4. The largest absolute Gasteiger partial charge is 0.377 e. The van der Waals surface area contributed by atoms with Gasteiger partial charge in [0, 0.05) is 14.2 Å². The Labute approximate surface area is 81.2 Å². The van der Waals surface area contributed by atoms with Crippen molar-refractivity contribution >= 4 is 5.78 Å². The van der Waals surface area contributed by atoms with E-state index < -0.39 is 0 Å². The molecule has 0 amide bonds. The molecule has 0 N–H and O–H groups in total. The van der Waals surface area contributed by atoms with Crippen molar-refractivity contribution in [2.75, 3.05) is 20.8 Å². The average molecular weight is 200 g/mol. The van der Waals surface area contributed by atoms with Gasteiger partial charge < -0.3 is 14.0 Å². The Balaban J connectivity index is 2.46. The molecule has 1 aromatic rings. The first kappa shape index (κ1) is 10.8. The summed E-state index contributed by atoms with van der Waals surface area (Å²) in [6, 6.07) is 0. The number of rotatable bonds is 6. The maximum atomic E-state index is 11.1. The summed E-state index contributed by atoms with van der Waals surface area (Å²) in [5.74, 6) is 0.631. The van der Waals surface area contributed by atoms with Gasteiger partial charge in [0.05, 0.1) is 6.42 Å². The van der Waals surface area contributed by atoms with E-state index in [9.17, 15) is 4.79 Å². The zero-order chi connectivity index (χ0) is 10.4. The van der Waals surface area contributed by atoms with Gasteiger partial charge in [0.2, 0.25) is 5.89 Å². The molecule has 0 unspecified atom stereocenters. The van der Waals surface area contributed by atoms with Crippen molar-refractivity contribution in [1.29, 1.82) is 0 Å². The third-order valence-corrected chi connectivity index (χ3v) is 1.44. The number of hydrogen-bond donors (Lipinski definition) is 0. The number of ketones is 1. The Morgan fingerprint density at radius 3 is 2.86 bits per heavy atom. The number of carbonyl (C=O) groups excluding carboxylic acids is 1. The fourth-order valence-electron chi connectivity index (χ4n) is 0.930. The molecule has 0 aliphatic carbocycles. The van der Waals surface area contributed by atoms with E-state index in [1.165, 1.54) is 14.2 Å². The van der Waals surface area contributed by atoms with E-state index in [0.717, 1.165) is 0 Å². The van der Waals surface area contributed by atoms with Crippen LogP contribution in [0.1, 0.15) is 11.7 Å². The molecule has 0 bridgehead atoms. The molecule has 6 heteroatoms. The summed E-state index contributed by atoms with van der Waals surface area (Å²) < 4.78 is 14.3. The first-order valence-electron chi connectivity index (χ1n) is 4.07. The lowest BCUT2D eigenvalue weighted by molar-refractivity contribution is -0.122. The normalized spacial score (nSPS) is 10.4. The molecule has 1 rings (SSSR count). The van der Waals surface area contributed by atoms with E-state index in [-0.39, 0.29) is 25.4 Å². The lowest BCUT2D eigenvalue weighted by atomic mass is 10.3. The van der Waals surface area contributed by atoms with Gasteiger partial charge in [-0.05, 0) is 0 Å². The second kappa shape index (κ2) is 5.46. The molecule has 0 aromatic carbocycles. The van der Waals surface area contributed by atoms with Crippen LogP contribution in [0.4, 0.5) is 0 Å². The number of methoxy groups -OCH3 is 2. The molecule has 6 nitrogen and oxygen atoms in total. The predicted molar refractivity (Wildman–Crippen MR) is 45.6 cm³/mol. The van der Waals surface area contributed by atoms with Crippen molar-refractivity contribution in [2.45, 2.75) is 13.0 Å². The summed E-state index contributed by atoms with van der Waals surface area (Å²) in [5.41, 5.74) is 0. The van der Waals surface area contributed by atoms with Crippen LogP contribution in [0.15, 0.2) is 4.52 Å². The topological polar surface area (TPSA) is 74.5 Å². The van der Waals surface area contributed by atoms with Gasteiger partial charge in [-0.3, -0.25) is 4.79 Å². The van der Waals surface area contributed by atoms with E-state index in [1.54, 1.807) is 0 Å². The molecule has 0 spiro atoms. The lowest BCUT2D eigenvalue weighted by Gasteiger charge is -1.93. The van der Waals surface area contributed by atoms with Crippen molar-refractivity contribution in [3.05, 3.63) is 11.7 Å². The minimum atomic E-state index is -0.0971. The molecule has 0 radical (unpaired) electrons. The fourth-order valence-corrected chi connectivity index (χ4v) is 0.930. The molecule has 0 aliphatic heterocycles. The first-order chi connectivity index (χ1) is 6.76. The molecular weight excluding hydrogens is 188 g/mol.